The van der Waals surface area contributed by atoms with Crippen LogP contribution in [0.3, 0.4) is 0 Å². The molecule has 1 aliphatic rings. The fraction of sp³-hybridized carbons (Fsp3) is 0.524. The van der Waals surface area contributed by atoms with Gasteiger partial charge in [-0.15, -0.1) is 11.3 Å². The molecule has 0 saturated heterocycles. The minimum Gasteiger partial charge on any atom is -0.447 e. The number of benzene rings is 1. The van der Waals surface area contributed by atoms with Crippen molar-refractivity contribution in [2.45, 2.75) is 71.4 Å². The van der Waals surface area contributed by atoms with Crippen molar-refractivity contribution in [1.82, 2.24) is 10.3 Å². The van der Waals surface area contributed by atoms with Gasteiger partial charge < -0.3 is 15.8 Å². The predicted molar refractivity (Wildman–Crippen MR) is 118 cm³/mol. The van der Waals surface area contributed by atoms with E-state index in [0.29, 0.717) is 16.6 Å². The maximum Gasteiger partial charge on any atom is 0.407 e. The number of amides is 1. The minimum absolute atomic E-state index is 0.0970. The number of hydrogen-bond acceptors (Lipinski definition) is 5. The molecule has 0 aliphatic heterocycles. The number of anilines is 1. The number of carbonyl (C=O) groups excluding carboxylic acids is 1. The Kier molecular flexibility index (Phi) is 8.58. The topological polar surface area (TPSA) is 77.2 Å². The van der Waals surface area contributed by atoms with Crippen LogP contribution >= 0.6 is 22.9 Å². The van der Waals surface area contributed by atoms with Gasteiger partial charge in [-0.2, -0.15) is 0 Å². The summed E-state index contributed by atoms with van der Waals surface area (Å²) in [5.41, 5.74) is 7.39. The molecule has 2 aromatic rings. The van der Waals surface area contributed by atoms with Gasteiger partial charge in [0.2, 0.25) is 0 Å². The van der Waals surface area contributed by atoms with Gasteiger partial charge in [0.1, 0.15) is 0 Å². The molecule has 1 aromatic carbocycles. The second kappa shape index (κ2) is 10.7. The van der Waals surface area contributed by atoms with Crippen LogP contribution in [0.2, 0.25) is 5.02 Å². The van der Waals surface area contributed by atoms with Crippen molar-refractivity contribution >= 4 is 34.7 Å². The molecule has 3 rings (SSSR count). The first-order valence-corrected chi connectivity index (χ1v) is 11.1. The number of nitrogens with zero attached hydrogens (tertiary/aromatic N) is 1. The molecule has 0 radical (unpaired) electrons. The SMILES string of the molecule is CC.CC(C)OC(=O)NC1CCC(c2ncc(-c3ccc(N)cc3Cl)s2)CC1. The fourth-order valence-electron chi connectivity index (χ4n) is 3.23. The van der Waals surface area contributed by atoms with Crippen LogP contribution < -0.4 is 11.1 Å². The summed E-state index contributed by atoms with van der Waals surface area (Å²) in [6.07, 6.45) is 5.37. The molecule has 5 nitrogen and oxygen atoms in total. The van der Waals surface area contributed by atoms with Gasteiger partial charge in [-0.25, -0.2) is 9.78 Å². The first-order valence-electron chi connectivity index (χ1n) is 9.90. The lowest BCUT2D eigenvalue weighted by Gasteiger charge is -2.28. The first-order chi connectivity index (χ1) is 13.4. The third-order valence-electron chi connectivity index (χ3n) is 4.52. The van der Waals surface area contributed by atoms with Gasteiger partial charge in [0.15, 0.2) is 0 Å². The Morgan fingerprint density at radius 3 is 2.57 bits per heavy atom. The van der Waals surface area contributed by atoms with Crippen LogP contribution in [0, 0.1) is 0 Å². The van der Waals surface area contributed by atoms with Crippen molar-refractivity contribution in [3.63, 3.8) is 0 Å². The highest BCUT2D eigenvalue weighted by atomic mass is 35.5. The summed E-state index contributed by atoms with van der Waals surface area (Å²) < 4.78 is 5.15. The van der Waals surface area contributed by atoms with Crippen molar-refractivity contribution < 1.29 is 9.53 Å². The van der Waals surface area contributed by atoms with Crippen molar-refractivity contribution in [3.05, 3.63) is 34.4 Å². The molecule has 1 aliphatic carbocycles. The second-order valence-corrected chi connectivity index (χ2v) is 8.42. The van der Waals surface area contributed by atoms with Crippen LogP contribution in [0.25, 0.3) is 10.4 Å². The molecule has 0 atom stereocenters. The Hall–Kier alpha value is -1.79. The first kappa shape index (κ1) is 22.5. The van der Waals surface area contributed by atoms with E-state index in [1.54, 1.807) is 17.4 Å². The smallest absolute Gasteiger partial charge is 0.407 e. The molecule has 0 bridgehead atoms. The normalized spacial score (nSPS) is 18.9. The van der Waals surface area contributed by atoms with Gasteiger partial charge in [0.05, 0.1) is 21.0 Å². The summed E-state index contributed by atoms with van der Waals surface area (Å²) in [7, 11) is 0. The fourth-order valence-corrected chi connectivity index (χ4v) is 4.70. The molecule has 1 aromatic heterocycles. The summed E-state index contributed by atoms with van der Waals surface area (Å²) in [5.74, 6) is 0.431. The Labute approximate surface area is 176 Å². The van der Waals surface area contributed by atoms with Crippen LogP contribution in [0.5, 0.6) is 0 Å². The highest BCUT2D eigenvalue weighted by Gasteiger charge is 2.26. The van der Waals surface area contributed by atoms with Crippen LogP contribution in [0.1, 0.15) is 64.3 Å². The number of nitrogens with one attached hydrogen (secondary N) is 1. The number of rotatable bonds is 4. The molecule has 3 N–H and O–H groups in total. The van der Waals surface area contributed by atoms with Crippen LogP contribution in [-0.4, -0.2) is 23.2 Å². The molecule has 0 unspecified atom stereocenters. The Morgan fingerprint density at radius 2 is 1.96 bits per heavy atom. The van der Waals surface area contributed by atoms with Gasteiger partial charge in [0.25, 0.3) is 0 Å². The Bertz CT molecular complexity index is 771. The lowest BCUT2D eigenvalue weighted by Crippen LogP contribution is -2.38. The lowest BCUT2D eigenvalue weighted by atomic mass is 9.86. The molecule has 28 heavy (non-hydrogen) atoms. The van der Waals surface area contributed by atoms with Crippen LogP contribution in [0.4, 0.5) is 10.5 Å². The zero-order chi connectivity index (χ0) is 20.7. The van der Waals surface area contributed by atoms with Crippen LogP contribution in [-0.2, 0) is 4.74 Å². The summed E-state index contributed by atoms with van der Waals surface area (Å²) in [6, 6.07) is 5.75. The van der Waals surface area contributed by atoms with Crippen molar-refractivity contribution in [1.29, 1.82) is 0 Å². The zero-order valence-corrected chi connectivity index (χ0v) is 18.6. The number of ether oxygens (including phenoxy) is 1. The largest absolute Gasteiger partial charge is 0.447 e. The number of carbonyl (C=O) groups is 1. The summed E-state index contributed by atoms with van der Waals surface area (Å²) in [5, 5.41) is 4.74. The molecule has 0 spiro atoms. The van der Waals surface area contributed by atoms with Crippen molar-refractivity contribution in [2.75, 3.05) is 5.73 Å². The molecule has 7 heteroatoms. The van der Waals surface area contributed by atoms with Crippen molar-refractivity contribution in [2.24, 2.45) is 0 Å². The van der Waals surface area contributed by atoms with E-state index in [9.17, 15) is 4.79 Å². The van der Waals surface area contributed by atoms with E-state index in [1.165, 1.54) is 0 Å². The minimum atomic E-state index is -0.321. The standard InChI is InChI=1S/C19H24ClN3O2S.C2H6/c1-11(2)25-19(24)23-14-6-3-12(4-7-14)18-22-10-17(26-18)15-8-5-13(21)9-16(15)20;1-2/h5,8-12,14H,3-4,6-7,21H2,1-2H3,(H,23,24);1-2H3. The number of alkyl carbamates (subject to hydrolysis) is 1. The van der Waals surface area contributed by atoms with Gasteiger partial charge in [-0.1, -0.05) is 25.4 Å². The third kappa shape index (κ3) is 6.11. The molecule has 154 valence electrons. The van der Waals surface area contributed by atoms with Gasteiger partial charge in [0, 0.05) is 29.4 Å². The zero-order valence-electron chi connectivity index (χ0n) is 17.0. The van der Waals surface area contributed by atoms with Gasteiger partial charge in [-0.05, 0) is 57.7 Å². The highest BCUT2D eigenvalue weighted by Crippen LogP contribution is 2.39. The highest BCUT2D eigenvalue weighted by molar-refractivity contribution is 7.15. The average Bonchev–Trinajstić information content (AvgIpc) is 3.13. The van der Waals surface area contributed by atoms with Crippen molar-refractivity contribution in [3.8, 4) is 10.4 Å². The number of aromatic nitrogens is 1. The monoisotopic (exact) mass is 423 g/mol. The number of nitrogens with two attached hydrogens (primary N) is 1. The molecule has 1 saturated carbocycles. The number of halogens is 1. The lowest BCUT2D eigenvalue weighted by molar-refractivity contribution is 0.109. The molecule has 1 amide bonds. The number of nitrogen functional groups attached to an aromatic ring is 1. The third-order valence-corrected chi connectivity index (χ3v) is 6.03. The predicted octanol–water partition coefficient (Wildman–Crippen LogP) is 6.23. The quantitative estimate of drug-likeness (QED) is 0.571. The van der Waals surface area contributed by atoms with Gasteiger partial charge in [-0.3, -0.25) is 0 Å². The van der Waals surface area contributed by atoms with E-state index in [4.69, 9.17) is 22.1 Å². The molecular weight excluding hydrogens is 394 g/mol. The summed E-state index contributed by atoms with van der Waals surface area (Å²) >= 11 is 8.00. The van der Waals surface area contributed by atoms with E-state index in [1.807, 2.05) is 46.0 Å². The van der Waals surface area contributed by atoms with E-state index in [0.717, 1.165) is 41.1 Å². The molecular formula is C21H30ClN3O2S. The van der Waals surface area contributed by atoms with E-state index < -0.39 is 0 Å². The summed E-state index contributed by atoms with van der Waals surface area (Å²) in [4.78, 5) is 17.4. The Morgan fingerprint density at radius 1 is 1.29 bits per heavy atom. The molecule has 1 heterocycles. The van der Waals surface area contributed by atoms with E-state index in [-0.39, 0.29) is 18.2 Å². The Balaban J connectivity index is 0.00000136. The maximum atomic E-state index is 11.7. The average molecular weight is 424 g/mol. The number of hydrogen-bond donors (Lipinski definition) is 2. The number of thiazole rings is 1. The summed E-state index contributed by atoms with van der Waals surface area (Å²) in [6.45, 7) is 7.70. The second-order valence-electron chi connectivity index (χ2n) is 6.95. The van der Waals surface area contributed by atoms with E-state index in [2.05, 4.69) is 10.3 Å². The van der Waals surface area contributed by atoms with Gasteiger partial charge >= 0.3 is 6.09 Å². The maximum absolute atomic E-state index is 11.7. The van der Waals surface area contributed by atoms with Crippen LogP contribution in [0.15, 0.2) is 24.4 Å². The molecule has 1 fully saturated rings. The van der Waals surface area contributed by atoms with E-state index >= 15 is 0 Å².